The minimum atomic E-state index is -3.82. The standard InChI is InChI=1S/C16H15N3O7S/c1-26-11-3-2-8(27(24,25)5-4-20)6-10(11)19-12(21)7-9-13(14(19)17)16(23)18-15(9)22/h2-3,6-7,20H,4-5,17H2,1H3,(H,18,22,23). The number of methoxy groups -OCH3 is 1. The Bertz CT molecular complexity index is 1140. The molecule has 3 rings (SSSR count). The van der Waals surface area contributed by atoms with E-state index >= 15 is 0 Å². The fourth-order valence-electron chi connectivity index (χ4n) is 2.80. The van der Waals surface area contributed by atoms with Gasteiger partial charge >= 0.3 is 0 Å². The summed E-state index contributed by atoms with van der Waals surface area (Å²) in [6.45, 7) is -0.576. The monoisotopic (exact) mass is 393 g/mol. The van der Waals surface area contributed by atoms with Crippen molar-refractivity contribution in [3.63, 3.8) is 0 Å². The smallest absolute Gasteiger partial charge is 0.262 e. The minimum Gasteiger partial charge on any atom is -0.495 e. The summed E-state index contributed by atoms with van der Waals surface area (Å²) in [7, 11) is -2.51. The first-order valence-corrected chi connectivity index (χ1v) is 9.29. The van der Waals surface area contributed by atoms with Crippen molar-refractivity contribution >= 4 is 27.5 Å². The second-order valence-electron chi connectivity index (χ2n) is 5.65. The van der Waals surface area contributed by atoms with Crippen LogP contribution in [0.1, 0.15) is 20.7 Å². The summed E-state index contributed by atoms with van der Waals surface area (Å²) in [6.07, 6.45) is 0. The molecule has 0 unspecified atom stereocenters. The van der Waals surface area contributed by atoms with Crippen LogP contribution in [0.2, 0.25) is 0 Å². The molecule has 0 fully saturated rings. The number of hydrogen-bond acceptors (Lipinski definition) is 8. The molecule has 0 radical (unpaired) electrons. The molecule has 0 bridgehead atoms. The largest absolute Gasteiger partial charge is 0.495 e. The first-order valence-electron chi connectivity index (χ1n) is 7.64. The number of carbonyl (C=O) groups excluding carboxylic acids is 2. The maximum absolute atomic E-state index is 12.6. The topological polar surface area (TPSA) is 158 Å². The molecule has 0 saturated heterocycles. The summed E-state index contributed by atoms with van der Waals surface area (Å²) >= 11 is 0. The third kappa shape index (κ3) is 2.96. The third-order valence-corrected chi connectivity index (χ3v) is 5.76. The zero-order valence-electron chi connectivity index (χ0n) is 14.1. The van der Waals surface area contributed by atoms with Crippen molar-refractivity contribution in [2.45, 2.75) is 4.90 Å². The maximum atomic E-state index is 12.6. The van der Waals surface area contributed by atoms with Gasteiger partial charge in [0.15, 0.2) is 9.84 Å². The lowest BCUT2D eigenvalue weighted by molar-refractivity contribution is 0.0880. The normalized spacial score (nSPS) is 13.4. The molecule has 0 atom stereocenters. The number of pyridine rings is 1. The van der Waals surface area contributed by atoms with Crippen LogP contribution in [0.15, 0.2) is 34.0 Å². The number of ether oxygens (including phenoxy) is 1. The number of carbonyl (C=O) groups is 2. The summed E-state index contributed by atoms with van der Waals surface area (Å²) < 4.78 is 30.6. The fraction of sp³-hybridized carbons (Fsp3) is 0.188. The quantitative estimate of drug-likeness (QED) is 0.550. The third-order valence-electron chi connectivity index (χ3n) is 4.06. The van der Waals surface area contributed by atoms with Crippen molar-refractivity contribution < 1.29 is 27.9 Å². The number of imide groups is 1. The zero-order valence-corrected chi connectivity index (χ0v) is 14.9. The van der Waals surface area contributed by atoms with Crippen molar-refractivity contribution in [1.82, 2.24) is 9.88 Å². The number of aliphatic hydroxyl groups is 1. The van der Waals surface area contributed by atoms with Gasteiger partial charge in [-0.15, -0.1) is 0 Å². The number of benzene rings is 1. The van der Waals surface area contributed by atoms with E-state index in [1.165, 1.54) is 19.2 Å². The average Bonchev–Trinajstić information content (AvgIpc) is 2.88. The predicted octanol–water partition coefficient (Wildman–Crippen LogP) is -0.922. The molecule has 0 saturated carbocycles. The van der Waals surface area contributed by atoms with Crippen LogP contribution in [0, 0.1) is 0 Å². The number of sulfone groups is 1. The Morgan fingerprint density at radius 1 is 1.19 bits per heavy atom. The van der Waals surface area contributed by atoms with E-state index in [0.29, 0.717) is 0 Å². The number of nitrogens with one attached hydrogen (secondary N) is 1. The molecule has 1 aromatic carbocycles. The predicted molar refractivity (Wildman–Crippen MR) is 93.9 cm³/mol. The van der Waals surface area contributed by atoms with E-state index in [-0.39, 0.29) is 33.3 Å². The fourth-order valence-corrected chi connectivity index (χ4v) is 3.85. The van der Waals surface area contributed by atoms with Gasteiger partial charge in [0.05, 0.1) is 41.2 Å². The first kappa shape index (κ1) is 18.6. The van der Waals surface area contributed by atoms with Crippen LogP contribution in [0.4, 0.5) is 5.82 Å². The van der Waals surface area contributed by atoms with Crippen molar-refractivity contribution in [2.24, 2.45) is 0 Å². The molecule has 2 amide bonds. The molecule has 10 nitrogen and oxygen atoms in total. The Labute approximate surface area is 153 Å². The lowest BCUT2D eigenvalue weighted by Crippen LogP contribution is -2.24. The van der Waals surface area contributed by atoms with Gasteiger partial charge in [-0.3, -0.25) is 24.3 Å². The van der Waals surface area contributed by atoms with Gasteiger partial charge in [0.2, 0.25) is 0 Å². The van der Waals surface area contributed by atoms with Gasteiger partial charge in [0.25, 0.3) is 17.4 Å². The lowest BCUT2D eigenvalue weighted by Gasteiger charge is -2.16. The summed E-state index contributed by atoms with van der Waals surface area (Å²) in [5, 5.41) is 11.0. The molecule has 0 aliphatic carbocycles. The van der Waals surface area contributed by atoms with Crippen LogP contribution in [-0.4, -0.2) is 49.4 Å². The number of hydrogen-bond donors (Lipinski definition) is 3. The second kappa shape index (κ2) is 6.52. The van der Waals surface area contributed by atoms with Crippen LogP contribution >= 0.6 is 0 Å². The van der Waals surface area contributed by atoms with Gasteiger partial charge in [0.1, 0.15) is 11.6 Å². The van der Waals surface area contributed by atoms with Crippen LogP contribution in [0.3, 0.4) is 0 Å². The SMILES string of the molecule is COc1ccc(S(=O)(=O)CCO)cc1-n1c(N)c2c(cc1=O)C(=O)NC2=O. The van der Waals surface area contributed by atoms with Gasteiger partial charge < -0.3 is 15.6 Å². The molecule has 11 heteroatoms. The Kier molecular flexibility index (Phi) is 4.49. The highest BCUT2D eigenvalue weighted by Gasteiger charge is 2.32. The second-order valence-corrected chi connectivity index (χ2v) is 7.76. The van der Waals surface area contributed by atoms with Crippen molar-refractivity contribution in [3.05, 3.63) is 45.7 Å². The molecule has 1 aliphatic rings. The van der Waals surface area contributed by atoms with Crippen molar-refractivity contribution in [3.8, 4) is 11.4 Å². The number of fused-ring (bicyclic) bond motifs is 1. The highest BCUT2D eigenvalue weighted by Crippen LogP contribution is 2.30. The van der Waals surface area contributed by atoms with Crippen LogP contribution in [0.25, 0.3) is 5.69 Å². The number of anilines is 1. The van der Waals surface area contributed by atoms with Crippen molar-refractivity contribution in [2.75, 3.05) is 25.2 Å². The molecule has 2 aromatic rings. The summed E-state index contributed by atoms with van der Waals surface area (Å²) in [5.74, 6) is -2.21. The Morgan fingerprint density at radius 2 is 1.89 bits per heavy atom. The highest BCUT2D eigenvalue weighted by molar-refractivity contribution is 7.91. The van der Waals surface area contributed by atoms with Gasteiger partial charge in [-0.1, -0.05) is 0 Å². The summed E-state index contributed by atoms with van der Waals surface area (Å²) in [4.78, 5) is 36.1. The molecule has 4 N–H and O–H groups in total. The van der Waals surface area contributed by atoms with E-state index in [0.717, 1.165) is 16.7 Å². The maximum Gasteiger partial charge on any atom is 0.262 e. The number of nitrogens with two attached hydrogens (primary N) is 1. The molecule has 1 aliphatic heterocycles. The van der Waals surface area contributed by atoms with Gasteiger partial charge in [-0.25, -0.2) is 8.42 Å². The van der Waals surface area contributed by atoms with Crippen molar-refractivity contribution in [1.29, 1.82) is 0 Å². The molecule has 2 heterocycles. The van der Waals surface area contributed by atoms with Gasteiger partial charge in [0, 0.05) is 6.07 Å². The van der Waals surface area contributed by atoms with Gasteiger partial charge in [-0.05, 0) is 18.2 Å². The number of nitrogens with zero attached hydrogens (tertiary/aromatic N) is 1. The highest BCUT2D eigenvalue weighted by atomic mass is 32.2. The molecule has 1 aromatic heterocycles. The summed E-state index contributed by atoms with van der Waals surface area (Å²) in [6, 6.07) is 4.69. The van der Waals surface area contributed by atoms with Crippen LogP contribution in [-0.2, 0) is 9.84 Å². The van der Waals surface area contributed by atoms with E-state index in [2.05, 4.69) is 0 Å². The van der Waals surface area contributed by atoms with Crippen LogP contribution < -0.4 is 21.3 Å². The number of aliphatic hydroxyl groups excluding tert-OH is 1. The first-order chi connectivity index (χ1) is 12.7. The Balaban J connectivity index is 2.32. The average molecular weight is 393 g/mol. The summed E-state index contributed by atoms with van der Waals surface area (Å²) in [5.41, 5.74) is 4.88. The Morgan fingerprint density at radius 3 is 2.52 bits per heavy atom. The number of rotatable bonds is 5. The van der Waals surface area contributed by atoms with E-state index in [1.54, 1.807) is 0 Å². The molecular weight excluding hydrogens is 378 g/mol. The van der Waals surface area contributed by atoms with Gasteiger partial charge in [-0.2, -0.15) is 0 Å². The lowest BCUT2D eigenvalue weighted by atomic mass is 10.1. The Hall–Kier alpha value is -3.18. The number of amides is 2. The molecule has 142 valence electrons. The molecule has 0 spiro atoms. The number of nitrogen functional groups attached to an aromatic ring is 1. The van der Waals surface area contributed by atoms with E-state index < -0.39 is 39.6 Å². The minimum absolute atomic E-state index is 0.0195. The van der Waals surface area contributed by atoms with E-state index in [1.807, 2.05) is 5.32 Å². The molecule has 27 heavy (non-hydrogen) atoms. The van der Waals surface area contributed by atoms with E-state index in [4.69, 9.17) is 15.6 Å². The number of aromatic nitrogens is 1. The van der Waals surface area contributed by atoms with E-state index in [9.17, 15) is 22.8 Å². The zero-order chi connectivity index (χ0) is 19.9. The van der Waals surface area contributed by atoms with Crippen LogP contribution in [0.5, 0.6) is 5.75 Å². The molecular formula is C16H15N3O7S.